The average molecular weight is 641 g/mol. The number of H-pyrrole nitrogens is 1. The van der Waals surface area contributed by atoms with Crippen molar-refractivity contribution in [3.05, 3.63) is 48.0 Å². The summed E-state index contributed by atoms with van der Waals surface area (Å²) in [6.07, 6.45) is 5.43. The molecular weight excluding hydrogens is 591 g/mol. The maximum atomic E-state index is 13.8. The van der Waals surface area contributed by atoms with E-state index in [0.717, 1.165) is 67.5 Å². The number of benzene rings is 1. The zero-order valence-corrected chi connectivity index (χ0v) is 27.7. The Kier molecular flexibility index (Phi) is 11.9. The summed E-state index contributed by atoms with van der Waals surface area (Å²) in [5.74, 6) is 0.624. The number of ether oxygens (including phenoxy) is 5. The quantitative estimate of drug-likeness (QED) is 0.227. The van der Waals surface area contributed by atoms with Crippen molar-refractivity contribution in [1.29, 1.82) is 0 Å². The summed E-state index contributed by atoms with van der Waals surface area (Å²) < 4.78 is 42.2. The number of pyridine rings is 1. The van der Waals surface area contributed by atoms with Gasteiger partial charge in [-0.1, -0.05) is 0 Å². The fourth-order valence-corrected chi connectivity index (χ4v) is 6.18. The van der Waals surface area contributed by atoms with Crippen molar-refractivity contribution in [3.8, 4) is 16.9 Å². The van der Waals surface area contributed by atoms with Crippen LogP contribution in [0.3, 0.4) is 0 Å². The molecule has 0 radical (unpaired) electrons. The van der Waals surface area contributed by atoms with E-state index in [9.17, 15) is 9.18 Å². The van der Waals surface area contributed by atoms with Crippen molar-refractivity contribution in [2.75, 3.05) is 72.9 Å². The number of nitrogens with one attached hydrogen (secondary N) is 1. The van der Waals surface area contributed by atoms with E-state index in [2.05, 4.69) is 20.9 Å². The highest BCUT2D eigenvalue weighted by atomic mass is 19.1. The molecule has 1 N–H and O–H groups in total. The van der Waals surface area contributed by atoms with E-state index < -0.39 is 5.60 Å². The Labute approximate surface area is 271 Å². The van der Waals surface area contributed by atoms with Crippen LogP contribution in [0.4, 0.5) is 9.18 Å². The molecule has 5 rings (SSSR count). The molecule has 2 saturated heterocycles. The first-order valence-electron chi connectivity index (χ1n) is 16.5. The average Bonchev–Trinajstić information content (AvgIpc) is 3.48. The lowest BCUT2D eigenvalue weighted by molar-refractivity contribution is -0.0363. The van der Waals surface area contributed by atoms with Gasteiger partial charge in [0.25, 0.3) is 0 Å². The molecule has 1 aromatic carbocycles. The highest BCUT2D eigenvalue weighted by molar-refractivity contribution is 5.95. The predicted octanol–water partition coefficient (Wildman–Crippen LogP) is 6.01. The SMILES string of the molecule is COc1cc(F)ccc1-c1ccnc2[nH]c(C3CCN(CCOCCOCCOC4CCN(C(=O)OC(C)(C)C)CC4)CC3)cc12. The minimum Gasteiger partial charge on any atom is -0.496 e. The summed E-state index contributed by atoms with van der Waals surface area (Å²) in [5.41, 5.74) is 3.39. The lowest BCUT2D eigenvalue weighted by Gasteiger charge is -2.33. The van der Waals surface area contributed by atoms with Crippen LogP contribution in [0, 0.1) is 5.82 Å². The number of carbonyl (C=O) groups is 1. The molecule has 0 spiro atoms. The van der Waals surface area contributed by atoms with Gasteiger partial charge in [0, 0.05) is 54.5 Å². The van der Waals surface area contributed by atoms with Crippen LogP contribution in [0.25, 0.3) is 22.2 Å². The number of likely N-dealkylation sites (tertiary alicyclic amines) is 2. The minimum absolute atomic E-state index is 0.151. The van der Waals surface area contributed by atoms with Gasteiger partial charge < -0.3 is 38.5 Å². The number of amides is 1. The molecule has 46 heavy (non-hydrogen) atoms. The number of methoxy groups -OCH3 is 1. The van der Waals surface area contributed by atoms with Crippen LogP contribution in [0.1, 0.15) is 58.1 Å². The smallest absolute Gasteiger partial charge is 0.410 e. The van der Waals surface area contributed by atoms with Crippen LogP contribution in [-0.4, -0.2) is 110 Å². The largest absolute Gasteiger partial charge is 0.496 e. The molecule has 0 aliphatic carbocycles. The first-order chi connectivity index (χ1) is 22.2. The number of halogens is 1. The van der Waals surface area contributed by atoms with E-state index in [1.54, 1.807) is 24.3 Å². The number of nitrogens with zero attached hydrogens (tertiary/aromatic N) is 3. The third-order valence-electron chi connectivity index (χ3n) is 8.63. The van der Waals surface area contributed by atoms with Crippen molar-refractivity contribution in [2.24, 2.45) is 0 Å². The van der Waals surface area contributed by atoms with Crippen LogP contribution in [0.5, 0.6) is 5.75 Å². The normalized spacial score (nSPS) is 17.1. The molecule has 2 aliphatic heterocycles. The molecule has 1 amide bonds. The van der Waals surface area contributed by atoms with Crippen LogP contribution in [-0.2, 0) is 18.9 Å². The Morgan fingerprint density at radius 3 is 2.37 bits per heavy atom. The van der Waals surface area contributed by atoms with E-state index in [1.165, 1.54) is 17.8 Å². The number of hydrogen-bond donors (Lipinski definition) is 1. The van der Waals surface area contributed by atoms with E-state index in [0.29, 0.717) is 57.8 Å². The van der Waals surface area contributed by atoms with Gasteiger partial charge in [-0.25, -0.2) is 14.2 Å². The van der Waals surface area contributed by atoms with Gasteiger partial charge in [0.05, 0.1) is 46.2 Å². The minimum atomic E-state index is -0.475. The van der Waals surface area contributed by atoms with Crippen molar-refractivity contribution in [2.45, 2.75) is 64.1 Å². The second-order valence-corrected chi connectivity index (χ2v) is 13.1. The summed E-state index contributed by atoms with van der Waals surface area (Å²) in [4.78, 5) is 24.5. The van der Waals surface area contributed by atoms with E-state index in [4.69, 9.17) is 23.7 Å². The van der Waals surface area contributed by atoms with Gasteiger partial charge in [0.15, 0.2) is 0 Å². The molecule has 2 aliphatic rings. The van der Waals surface area contributed by atoms with Crippen LogP contribution in [0.2, 0.25) is 0 Å². The highest BCUT2D eigenvalue weighted by Crippen LogP contribution is 2.37. The fourth-order valence-electron chi connectivity index (χ4n) is 6.18. The first-order valence-corrected chi connectivity index (χ1v) is 16.5. The number of rotatable bonds is 13. The second kappa shape index (κ2) is 16.0. The van der Waals surface area contributed by atoms with E-state index in [-0.39, 0.29) is 18.0 Å². The maximum absolute atomic E-state index is 13.8. The Morgan fingerprint density at radius 1 is 0.935 bits per heavy atom. The molecule has 2 fully saturated rings. The standard InChI is InChI=1S/C35H49FN4O6/c1-35(2,3)46-34(41)40-15-10-27(11-16-40)45-22-21-44-20-19-43-18-17-39-13-8-25(9-14-39)31-24-30-28(7-12-37-33(30)38-31)29-6-5-26(36)23-32(29)42-4/h5-7,12,23-25,27H,8-11,13-22H2,1-4H3,(H,37,38). The molecule has 0 saturated carbocycles. The predicted molar refractivity (Wildman–Crippen MR) is 175 cm³/mol. The number of fused-ring (bicyclic) bond motifs is 1. The van der Waals surface area contributed by atoms with Gasteiger partial charge in [-0.15, -0.1) is 0 Å². The molecule has 11 heteroatoms. The summed E-state index contributed by atoms with van der Waals surface area (Å²) in [6, 6.07) is 8.80. The Hall–Kier alpha value is -3.25. The monoisotopic (exact) mass is 640 g/mol. The molecule has 0 atom stereocenters. The van der Waals surface area contributed by atoms with Gasteiger partial charge in [-0.3, -0.25) is 0 Å². The molecule has 0 bridgehead atoms. The summed E-state index contributed by atoms with van der Waals surface area (Å²) in [5, 5.41) is 1.02. The third kappa shape index (κ3) is 9.40. The molecular formula is C35H49FN4O6. The lowest BCUT2D eigenvalue weighted by atomic mass is 9.93. The zero-order chi connectivity index (χ0) is 32.5. The Morgan fingerprint density at radius 2 is 1.65 bits per heavy atom. The van der Waals surface area contributed by atoms with Crippen LogP contribution < -0.4 is 4.74 Å². The van der Waals surface area contributed by atoms with Crippen molar-refractivity contribution in [1.82, 2.24) is 19.8 Å². The first kappa shape index (κ1) is 34.1. The van der Waals surface area contributed by atoms with Gasteiger partial charge in [0.1, 0.15) is 22.8 Å². The number of carbonyl (C=O) groups excluding carboxylic acids is 1. The summed E-state index contributed by atoms with van der Waals surface area (Å²) in [7, 11) is 1.56. The van der Waals surface area contributed by atoms with Gasteiger partial charge in [-0.2, -0.15) is 0 Å². The molecule has 4 heterocycles. The number of hydrogen-bond acceptors (Lipinski definition) is 8. The van der Waals surface area contributed by atoms with Gasteiger partial charge in [-0.05, 0) is 89.4 Å². The topological polar surface area (TPSA) is 98.4 Å². The number of aromatic nitrogens is 2. The fraction of sp³-hybridized carbons (Fsp3) is 0.600. The van der Waals surface area contributed by atoms with Crippen molar-refractivity contribution < 1.29 is 32.9 Å². The van der Waals surface area contributed by atoms with E-state index >= 15 is 0 Å². The molecule has 252 valence electrons. The van der Waals surface area contributed by atoms with Gasteiger partial charge in [0.2, 0.25) is 0 Å². The second-order valence-electron chi connectivity index (χ2n) is 13.1. The van der Waals surface area contributed by atoms with Crippen LogP contribution in [0.15, 0.2) is 36.5 Å². The number of aromatic amines is 1. The highest BCUT2D eigenvalue weighted by Gasteiger charge is 2.27. The Balaban J connectivity index is 0.935. The molecule has 0 unspecified atom stereocenters. The van der Waals surface area contributed by atoms with Crippen molar-refractivity contribution >= 4 is 17.1 Å². The van der Waals surface area contributed by atoms with Crippen molar-refractivity contribution in [3.63, 3.8) is 0 Å². The Bertz CT molecular complexity index is 1410. The van der Waals surface area contributed by atoms with E-state index in [1.807, 2.05) is 26.8 Å². The molecule has 2 aromatic heterocycles. The van der Waals surface area contributed by atoms with Gasteiger partial charge >= 0.3 is 6.09 Å². The maximum Gasteiger partial charge on any atom is 0.410 e. The third-order valence-corrected chi connectivity index (χ3v) is 8.63. The molecule has 3 aromatic rings. The van der Waals surface area contributed by atoms with Crippen LogP contribution >= 0.6 is 0 Å². The molecule has 10 nitrogen and oxygen atoms in total. The summed E-state index contributed by atoms with van der Waals surface area (Å²) >= 11 is 0. The number of piperidine rings is 2. The lowest BCUT2D eigenvalue weighted by Crippen LogP contribution is -2.43. The summed E-state index contributed by atoms with van der Waals surface area (Å²) in [6.45, 7) is 12.8. The zero-order valence-electron chi connectivity index (χ0n) is 27.7.